The van der Waals surface area contributed by atoms with Crippen molar-refractivity contribution >= 4 is 21.9 Å². The van der Waals surface area contributed by atoms with Gasteiger partial charge >= 0.3 is 5.97 Å². The van der Waals surface area contributed by atoms with E-state index in [0.717, 1.165) is 38.5 Å². The topological polar surface area (TPSA) is 87.0 Å². The highest BCUT2D eigenvalue weighted by Gasteiger charge is 2.49. The van der Waals surface area contributed by atoms with Crippen LogP contribution in [0.3, 0.4) is 0 Å². The fourth-order valence-electron chi connectivity index (χ4n) is 4.21. The van der Waals surface area contributed by atoms with Gasteiger partial charge in [-0.15, -0.1) is 0 Å². The number of ether oxygens (including phenoxy) is 1. The van der Waals surface area contributed by atoms with E-state index >= 15 is 0 Å². The molecule has 150 valence electrons. The molecule has 7 atom stereocenters. The monoisotopic (exact) mass is 432 g/mol. The third-order valence-electron chi connectivity index (χ3n) is 5.68. The number of aliphatic hydroxyl groups is 2. The maximum Gasteiger partial charge on any atom is 0.303 e. The van der Waals surface area contributed by atoms with Crippen molar-refractivity contribution < 1.29 is 24.9 Å². The largest absolute Gasteiger partial charge is 0.481 e. The van der Waals surface area contributed by atoms with Crippen LogP contribution in [0.2, 0.25) is 0 Å². The molecular weight excluding hydrogens is 400 g/mol. The van der Waals surface area contributed by atoms with Crippen LogP contribution in [0.4, 0.5) is 0 Å². The van der Waals surface area contributed by atoms with E-state index in [9.17, 15) is 15.0 Å². The molecule has 0 aromatic rings. The third-order valence-corrected chi connectivity index (χ3v) is 6.72. The molecule has 0 amide bonds. The van der Waals surface area contributed by atoms with Crippen molar-refractivity contribution in [2.75, 3.05) is 0 Å². The van der Waals surface area contributed by atoms with E-state index in [-0.39, 0.29) is 35.3 Å². The zero-order valence-corrected chi connectivity index (χ0v) is 17.2. The van der Waals surface area contributed by atoms with Crippen molar-refractivity contribution in [3.05, 3.63) is 12.2 Å². The molecule has 0 aromatic carbocycles. The van der Waals surface area contributed by atoms with Crippen LogP contribution in [0.5, 0.6) is 0 Å². The van der Waals surface area contributed by atoms with Gasteiger partial charge in [-0.25, -0.2) is 0 Å². The van der Waals surface area contributed by atoms with Gasteiger partial charge in [0.15, 0.2) is 0 Å². The summed E-state index contributed by atoms with van der Waals surface area (Å²) in [6.45, 7) is 2.15. The first-order chi connectivity index (χ1) is 12.4. The van der Waals surface area contributed by atoms with Gasteiger partial charge in [-0.2, -0.15) is 0 Å². The van der Waals surface area contributed by atoms with Crippen LogP contribution < -0.4 is 0 Å². The molecule has 0 radical (unpaired) electrons. The maximum absolute atomic E-state index is 10.6. The summed E-state index contributed by atoms with van der Waals surface area (Å²) in [5.74, 6) is -0.460. The first-order valence-electron chi connectivity index (χ1n) is 9.98. The highest BCUT2D eigenvalue weighted by molar-refractivity contribution is 9.09. The van der Waals surface area contributed by atoms with Gasteiger partial charge in [0.05, 0.1) is 24.4 Å². The lowest BCUT2D eigenvalue weighted by Crippen LogP contribution is -2.24. The number of alkyl halides is 1. The fraction of sp³-hybridized carbons (Fsp3) is 0.850. The zero-order valence-electron chi connectivity index (χ0n) is 15.6. The van der Waals surface area contributed by atoms with Crippen molar-refractivity contribution in [2.24, 2.45) is 11.8 Å². The van der Waals surface area contributed by atoms with Gasteiger partial charge in [0.25, 0.3) is 0 Å². The average Bonchev–Trinajstić information content (AvgIpc) is 3.10. The van der Waals surface area contributed by atoms with Crippen LogP contribution in [-0.4, -0.2) is 50.5 Å². The Bertz CT molecular complexity index is 469. The van der Waals surface area contributed by atoms with E-state index < -0.39 is 18.2 Å². The number of aliphatic carboxylic acids is 1. The molecule has 26 heavy (non-hydrogen) atoms. The van der Waals surface area contributed by atoms with Crippen molar-refractivity contribution in [2.45, 2.75) is 94.0 Å². The second kappa shape index (κ2) is 10.8. The quantitative estimate of drug-likeness (QED) is 0.263. The number of carbonyl (C=O) groups is 1. The molecule has 0 aromatic heterocycles. The average molecular weight is 433 g/mol. The number of carboxylic acids is 1. The second-order valence-electron chi connectivity index (χ2n) is 7.74. The lowest BCUT2D eigenvalue weighted by atomic mass is 9.89. The molecule has 1 aliphatic heterocycles. The molecule has 2 aliphatic rings. The first kappa shape index (κ1) is 21.9. The molecule has 1 saturated heterocycles. The second-order valence-corrected chi connectivity index (χ2v) is 8.92. The summed E-state index contributed by atoms with van der Waals surface area (Å²) in [4.78, 5) is 10.8. The lowest BCUT2D eigenvalue weighted by Gasteiger charge is -2.21. The molecule has 0 bridgehead atoms. The summed E-state index contributed by atoms with van der Waals surface area (Å²) in [5.41, 5.74) is 0. The molecule has 2 rings (SSSR count). The highest BCUT2D eigenvalue weighted by Crippen LogP contribution is 2.46. The van der Waals surface area contributed by atoms with E-state index in [1.165, 1.54) is 0 Å². The standard InChI is InChI=1S/C20H33BrO5/c1-2-3-4-6-13(22)9-10-14-15-11-19(26-18(15)12-17(14)23)16(21)7-5-8-20(24)25/h9-10,13-19,22-23H,2-8,11-12H2,1H3,(H,24,25)/b10-9+/t13-,14+,15+,16?,17+,18+,19?/m0/s1. The summed E-state index contributed by atoms with van der Waals surface area (Å²) < 4.78 is 6.14. The predicted molar refractivity (Wildman–Crippen MR) is 104 cm³/mol. The molecule has 0 spiro atoms. The molecular formula is C20H33BrO5. The minimum Gasteiger partial charge on any atom is -0.481 e. The number of aliphatic hydroxyl groups excluding tert-OH is 2. The summed E-state index contributed by atoms with van der Waals surface area (Å²) in [6, 6.07) is 0. The molecule has 1 heterocycles. The minimum atomic E-state index is -0.764. The van der Waals surface area contributed by atoms with Gasteiger partial charge < -0.3 is 20.1 Å². The Morgan fingerprint density at radius 1 is 1.27 bits per heavy atom. The Balaban J connectivity index is 1.82. The van der Waals surface area contributed by atoms with Gasteiger partial charge in [-0.1, -0.05) is 54.3 Å². The van der Waals surface area contributed by atoms with Crippen molar-refractivity contribution in [3.63, 3.8) is 0 Å². The molecule has 1 saturated carbocycles. The fourth-order valence-corrected chi connectivity index (χ4v) is 4.88. The Hall–Kier alpha value is -0.430. The third kappa shape index (κ3) is 6.32. The maximum atomic E-state index is 10.6. The SMILES string of the molecule is CCCCC[C@H](O)/C=C/[C@@H]1[C@H]2CC(C(Br)CCCC(=O)O)O[C@@H]2C[C@H]1O. The van der Waals surface area contributed by atoms with Gasteiger partial charge in [0.1, 0.15) is 0 Å². The molecule has 2 fully saturated rings. The molecule has 5 nitrogen and oxygen atoms in total. The highest BCUT2D eigenvalue weighted by atomic mass is 79.9. The van der Waals surface area contributed by atoms with E-state index in [2.05, 4.69) is 22.9 Å². The van der Waals surface area contributed by atoms with E-state index in [1.54, 1.807) is 0 Å². The molecule has 1 aliphatic carbocycles. The molecule has 6 heteroatoms. The Labute approximate surface area is 164 Å². The van der Waals surface area contributed by atoms with Gasteiger partial charge in [0.2, 0.25) is 0 Å². The van der Waals surface area contributed by atoms with Gasteiger partial charge in [-0.05, 0) is 31.6 Å². The number of rotatable bonds is 11. The summed E-state index contributed by atoms with van der Waals surface area (Å²) in [6.07, 6.45) is 10.3. The molecule has 2 unspecified atom stereocenters. The van der Waals surface area contributed by atoms with E-state index in [1.807, 2.05) is 12.2 Å². The van der Waals surface area contributed by atoms with Crippen molar-refractivity contribution in [1.82, 2.24) is 0 Å². The smallest absolute Gasteiger partial charge is 0.303 e. The van der Waals surface area contributed by atoms with Crippen LogP contribution in [0.15, 0.2) is 12.2 Å². The van der Waals surface area contributed by atoms with Crippen LogP contribution in [0, 0.1) is 11.8 Å². The number of carboxylic acid groups (broad SMARTS) is 1. The van der Waals surface area contributed by atoms with Crippen molar-refractivity contribution in [3.8, 4) is 0 Å². The number of fused-ring (bicyclic) bond motifs is 1. The Morgan fingerprint density at radius 2 is 2.04 bits per heavy atom. The van der Waals surface area contributed by atoms with Gasteiger partial charge in [-0.3, -0.25) is 4.79 Å². The number of unbranched alkanes of at least 4 members (excludes halogenated alkanes) is 2. The summed E-state index contributed by atoms with van der Waals surface area (Å²) in [7, 11) is 0. The van der Waals surface area contributed by atoms with Gasteiger partial charge in [0, 0.05) is 23.6 Å². The summed E-state index contributed by atoms with van der Waals surface area (Å²) >= 11 is 3.66. The van der Waals surface area contributed by atoms with Crippen LogP contribution in [0.1, 0.15) is 64.7 Å². The number of hydrogen-bond donors (Lipinski definition) is 3. The minimum absolute atomic E-state index is 0.0320. The normalized spacial score (nSPS) is 33.5. The molecule has 3 N–H and O–H groups in total. The van der Waals surface area contributed by atoms with E-state index in [0.29, 0.717) is 12.8 Å². The number of halogens is 1. The first-order valence-corrected chi connectivity index (χ1v) is 10.9. The zero-order chi connectivity index (χ0) is 19.1. The van der Waals surface area contributed by atoms with Crippen molar-refractivity contribution in [1.29, 1.82) is 0 Å². The summed E-state index contributed by atoms with van der Waals surface area (Å²) in [5, 5.41) is 29.2. The number of hydrogen-bond acceptors (Lipinski definition) is 4. The van der Waals surface area contributed by atoms with Crippen LogP contribution in [0.25, 0.3) is 0 Å². The predicted octanol–water partition coefficient (Wildman–Crippen LogP) is 3.66. The Kier molecular flexibility index (Phi) is 9.07. The van der Waals surface area contributed by atoms with Crippen LogP contribution in [-0.2, 0) is 9.53 Å². The van der Waals surface area contributed by atoms with Crippen LogP contribution >= 0.6 is 15.9 Å². The Morgan fingerprint density at radius 3 is 2.73 bits per heavy atom. The lowest BCUT2D eigenvalue weighted by molar-refractivity contribution is -0.137. The van der Waals surface area contributed by atoms with E-state index in [4.69, 9.17) is 9.84 Å².